The van der Waals surface area contributed by atoms with Gasteiger partial charge in [0.05, 0.1) is 41.2 Å². The van der Waals surface area contributed by atoms with E-state index >= 15 is 0 Å². The number of benzene rings is 3. The summed E-state index contributed by atoms with van der Waals surface area (Å²) in [6.45, 7) is 1.58. The lowest BCUT2D eigenvalue weighted by Crippen LogP contribution is -2.24. The van der Waals surface area contributed by atoms with Crippen molar-refractivity contribution in [3.8, 4) is 11.5 Å². The highest BCUT2D eigenvalue weighted by atomic mass is 16.6. The molecule has 1 atom stereocenters. The summed E-state index contributed by atoms with van der Waals surface area (Å²) < 4.78 is 33.9. The van der Waals surface area contributed by atoms with Gasteiger partial charge < -0.3 is 28.4 Å². The SMILES string of the molecule is CO/C(=C\OCc1ccc(OC)cc1)[C@H](COCc1ccc(OC)cc1)OCc1ccccc1. The van der Waals surface area contributed by atoms with Crippen LogP contribution in [0.15, 0.2) is 90.9 Å². The normalized spacial score (nSPS) is 12.1. The molecule has 0 heterocycles. The van der Waals surface area contributed by atoms with Crippen molar-refractivity contribution in [2.75, 3.05) is 27.9 Å². The summed E-state index contributed by atoms with van der Waals surface area (Å²) in [4.78, 5) is 0. The predicted molar refractivity (Wildman–Crippen MR) is 131 cm³/mol. The van der Waals surface area contributed by atoms with Crippen molar-refractivity contribution in [3.63, 3.8) is 0 Å². The minimum Gasteiger partial charge on any atom is -0.497 e. The average Bonchev–Trinajstić information content (AvgIpc) is 2.90. The molecule has 0 aliphatic rings. The Bertz CT molecular complexity index is 984. The molecule has 0 spiro atoms. The first-order valence-electron chi connectivity index (χ1n) is 11.1. The van der Waals surface area contributed by atoms with E-state index < -0.39 is 6.10 Å². The van der Waals surface area contributed by atoms with Gasteiger partial charge in [-0.15, -0.1) is 0 Å². The molecule has 0 saturated heterocycles. The van der Waals surface area contributed by atoms with Gasteiger partial charge >= 0.3 is 0 Å². The molecular weight excluding hydrogens is 432 g/mol. The fourth-order valence-electron chi connectivity index (χ4n) is 3.19. The van der Waals surface area contributed by atoms with E-state index in [-0.39, 0.29) is 0 Å². The molecule has 0 fully saturated rings. The van der Waals surface area contributed by atoms with Crippen molar-refractivity contribution in [2.45, 2.75) is 25.9 Å². The maximum absolute atomic E-state index is 6.15. The lowest BCUT2D eigenvalue weighted by atomic mass is 10.2. The van der Waals surface area contributed by atoms with Gasteiger partial charge in [0.15, 0.2) is 5.76 Å². The van der Waals surface area contributed by atoms with Crippen molar-refractivity contribution < 1.29 is 28.4 Å². The van der Waals surface area contributed by atoms with Gasteiger partial charge in [0, 0.05) is 0 Å². The molecule has 6 nitrogen and oxygen atoms in total. The van der Waals surface area contributed by atoms with Gasteiger partial charge in [0.2, 0.25) is 0 Å². The maximum Gasteiger partial charge on any atom is 0.161 e. The second-order valence-electron chi connectivity index (χ2n) is 7.53. The molecule has 6 heteroatoms. The van der Waals surface area contributed by atoms with Crippen LogP contribution in [0, 0.1) is 0 Å². The Morgan fingerprint density at radius 3 is 1.79 bits per heavy atom. The first-order chi connectivity index (χ1) is 16.7. The molecule has 0 saturated carbocycles. The van der Waals surface area contributed by atoms with Gasteiger partial charge in [-0.2, -0.15) is 0 Å². The van der Waals surface area contributed by atoms with Crippen LogP contribution in [-0.4, -0.2) is 34.0 Å². The highest BCUT2D eigenvalue weighted by Crippen LogP contribution is 2.17. The Labute approximate surface area is 201 Å². The van der Waals surface area contributed by atoms with Crippen LogP contribution in [0.2, 0.25) is 0 Å². The zero-order valence-electron chi connectivity index (χ0n) is 19.9. The maximum atomic E-state index is 6.15. The number of ether oxygens (including phenoxy) is 6. The number of hydrogen-bond donors (Lipinski definition) is 0. The Morgan fingerprint density at radius 1 is 0.676 bits per heavy atom. The van der Waals surface area contributed by atoms with Crippen LogP contribution in [-0.2, 0) is 38.8 Å². The minimum atomic E-state index is -0.431. The number of methoxy groups -OCH3 is 3. The van der Waals surface area contributed by atoms with Crippen LogP contribution in [0.5, 0.6) is 11.5 Å². The van der Waals surface area contributed by atoms with Gasteiger partial charge in [0.1, 0.15) is 30.5 Å². The monoisotopic (exact) mass is 464 g/mol. The largest absolute Gasteiger partial charge is 0.497 e. The summed E-state index contributed by atoms with van der Waals surface area (Å²) in [5, 5.41) is 0. The van der Waals surface area contributed by atoms with Gasteiger partial charge in [-0.1, -0.05) is 54.6 Å². The topological polar surface area (TPSA) is 55.4 Å². The molecule has 0 aliphatic heterocycles. The molecule has 3 aromatic carbocycles. The third-order valence-corrected chi connectivity index (χ3v) is 5.15. The number of hydrogen-bond acceptors (Lipinski definition) is 6. The van der Waals surface area contributed by atoms with Crippen molar-refractivity contribution in [1.29, 1.82) is 0 Å². The molecule has 0 aromatic heterocycles. The van der Waals surface area contributed by atoms with E-state index in [0.29, 0.717) is 32.2 Å². The highest BCUT2D eigenvalue weighted by molar-refractivity contribution is 5.27. The Morgan fingerprint density at radius 2 is 1.24 bits per heavy atom. The zero-order valence-corrected chi connectivity index (χ0v) is 19.9. The molecule has 180 valence electrons. The van der Waals surface area contributed by atoms with Crippen molar-refractivity contribution >= 4 is 0 Å². The molecule has 3 rings (SSSR count). The molecule has 0 bridgehead atoms. The summed E-state index contributed by atoms with van der Waals surface area (Å²) in [7, 11) is 4.89. The fraction of sp³-hybridized carbons (Fsp3) is 0.286. The Kier molecular flexibility index (Phi) is 10.3. The van der Waals surface area contributed by atoms with Crippen LogP contribution >= 0.6 is 0 Å². The molecule has 0 radical (unpaired) electrons. The van der Waals surface area contributed by atoms with Crippen molar-refractivity contribution in [3.05, 3.63) is 108 Å². The van der Waals surface area contributed by atoms with E-state index in [0.717, 1.165) is 28.2 Å². The molecule has 0 aliphatic carbocycles. The highest BCUT2D eigenvalue weighted by Gasteiger charge is 2.18. The van der Waals surface area contributed by atoms with Crippen LogP contribution in [0.3, 0.4) is 0 Å². The summed E-state index contributed by atoms with van der Waals surface area (Å²) in [5.74, 6) is 2.17. The van der Waals surface area contributed by atoms with Crippen LogP contribution in [0.25, 0.3) is 0 Å². The molecule has 0 unspecified atom stereocenters. The number of rotatable bonds is 14. The summed E-state index contributed by atoms with van der Waals surface area (Å²) in [6, 6.07) is 25.5. The van der Waals surface area contributed by atoms with E-state index in [1.807, 2.05) is 78.9 Å². The van der Waals surface area contributed by atoms with E-state index in [4.69, 9.17) is 28.4 Å². The third kappa shape index (κ3) is 8.14. The average molecular weight is 465 g/mol. The first-order valence-corrected chi connectivity index (χ1v) is 11.1. The van der Waals surface area contributed by atoms with E-state index in [9.17, 15) is 0 Å². The van der Waals surface area contributed by atoms with Crippen molar-refractivity contribution in [1.82, 2.24) is 0 Å². The quantitative estimate of drug-likeness (QED) is 0.293. The summed E-state index contributed by atoms with van der Waals surface area (Å²) in [6.07, 6.45) is 1.16. The van der Waals surface area contributed by atoms with Gasteiger partial charge in [-0.3, -0.25) is 0 Å². The van der Waals surface area contributed by atoms with Crippen molar-refractivity contribution in [2.24, 2.45) is 0 Å². The summed E-state index contributed by atoms with van der Waals surface area (Å²) >= 11 is 0. The molecule has 3 aromatic rings. The zero-order chi connectivity index (χ0) is 24.0. The Balaban J connectivity index is 1.61. The van der Waals surface area contributed by atoms with Gasteiger partial charge in [-0.05, 0) is 41.0 Å². The molecule has 0 amide bonds. The standard InChI is InChI=1S/C28H32O6/c1-29-25-13-9-23(10-14-25)17-32-20-27(31-3)28(34-19-22-7-5-4-6-8-22)21-33-18-24-11-15-26(30-2)16-12-24/h4-16,20,28H,17-19,21H2,1-3H3/b27-20-/t28-/m0/s1. The molecule has 0 N–H and O–H groups in total. The van der Waals surface area contributed by atoms with E-state index in [1.165, 1.54) is 0 Å². The van der Waals surface area contributed by atoms with E-state index in [1.54, 1.807) is 27.6 Å². The second kappa shape index (κ2) is 13.9. The van der Waals surface area contributed by atoms with Gasteiger partial charge in [0.25, 0.3) is 0 Å². The van der Waals surface area contributed by atoms with Gasteiger partial charge in [-0.25, -0.2) is 0 Å². The van der Waals surface area contributed by atoms with Crippen LogP contribution in [0.4, 0.5) is 0 Å². The second-order valence-corrected chi connectivity index (χ2v) is 7.53. The van der Waals surface area contributed by atoms with Crippen LogP contribution in [0.1, 0.15) is 16.7 Å². The fourth-order valence-corrected chi connectivity index (χ4v) is 3.19. The molecule has 34 heavy (non-hydrogen) atoms. The Hall–Kier alpha value is -3.48. The van der Waals surface area contributed by atoms with E-state index in [2.05, 4.69) is 0 Å². The summed E-state index contributed by atoms with van der Waals surface area (Å²) in [5.41, 5.74) is 3.13. The first kappa shape index (κ1) is 25.1. The minimum absolute atomic E-state index is 0.310. The third-order valence-electron chi connectivity index (χ3n) is 5.15. The smallest absolute Gasteiger partial charge is 0.161 e. The lowest BCUT2D eigenvalue weighted by Gasteiger charge is -2.20. The predicted octanol–water partition coefficient (Wildman–Crippen LogP) is 5.51. The molecular formula is C28H32O6. The van der Waals surface area contributed by atoms with Crippen LogP contribution < -0.4 is 9.47 Å². The lowest BCUT2D eigenvalue weighted by molar-refractivity contribution is -0.0364.